The lowest BCUT2D eigenvalue weighted by atomic mass is 9.83. The van der Waals surface area contributed by atoms with Crippen molar-refractivity contribution in [2.45, 2.75) is 25.3 Å². The van der Waals surface area contributed by atoms with Crippen LogP contribution in [0.3, 0.4) is 0 Å². The molecular weight excluding hydrogens is 366 g/mol. The number of halogens is 1. The van der Waals surface area contributed by atoms with Crippen LogP contribution in [-0.4, -0.2) is 25.2 Å². The van der Waals surface area contributed by atoms with E-state index >= 15 is 0 Å². The third kappa shape index (κ3) is 4.40. The van der Waals surface area contributed by atoms with E-state index in [2.05, 4.69) is 10.6 Å². The largest absolute Gasteiger partial charge is 0.381 e. The Kier molecular flexibility index (Phi) is 5.68. The molecule has 1 saturated heterocycles. The van der Waals surface area contributed by atoms with Crippen LogP contribution >= 0.6 is 11.6 Å². The smallest absolute Gasteiger partial charge is 0.319 e. The predicted molar refractivity (Wildman–Crippen MR) is 105 cm³/mol. The average molecular weight is 388 g/mol. The fourth-order valence-corrected chi connectivity index (χ4v) is 3.45. The van der Waals surface area contributed by atoms with Crippen molar-refractivity contribution in [3.05, 3.63) is 64.2 Å². The lowest BCUT2D eigenvalue weighted by molar-refractivity contribution is 0.0418. The van der Waals surface area contributed by atoms with E-state index in [1.165, 1.54) is 0 Å². The molecule has 2 aromatic carbocycles. The molecule has 3 rings (SSSR count). The van der Waals surface area contributed by atoms with Gasteiger partial charge in [0.25, 0.3) is 0 Å². The lowest BCUT2D eigenvalue weighted by Gasteiger charge is -2.38. The van der Waals surface area contributed by atoms with Gasteiger partial charge in [0.1, 0.15) is 0 Å². The second kappa shape index (κ2) is 7.98. The minimum Gasteiger partial charge on any atom is -0.381 e. The highest BCUT2D eigenvalue weighted by Crippen LogP contribution is 2.33. The number of aryl methyl sites for hydroxylation is 1. The van der Waals surface area contributed by atoms with Crippen molar-refractivity contribution in [1.29, 1.82) is 0 Å². The molecule has 3 amide bonds. The molecule has 6 nitrogen and oxygen atoms in total. The van der Waals surface area contributed by atoms with Gasteiger partial charge < -0.3 is 21.1 Å². The summed E-state index contributed by atoms with van der Waals surface area (Å²) in [5.41, 5.74) is 7.47. The maximum absolute atomic E-state index is 12.7. The van der Waals surface area contributed by atoms with Crippen molar-refractivity contribution in [1.82, 2.24) is 5.32 Å². The van der Waals surface area contributed by atoms with Crippen molar-refractivity contribution in [3.63, 3.8) is 0 Å². The lowest BCUT2D eigenvalue weighted by Crippen LogP contribution is -2.50. The van der Waals surface area contributed by atoms with Crippen LogP contribution in [0.25, 0.3) is 0 Å². The Labute approximate surface area is 163 Å². The van der Waals surface area contributed by atoms with Crippen LogP contribution in [0, 0.1) is 6.92 Å². The summed E-state index contributed by atoms with van der Waals surface area (Å²) in [6, 6.07) is 12.2. The molecule has 1 aliphatic rings. The highest BCUT2D eigenvalue weighted by Gasteiger charge is 2.36. The predicted octanol–water partition coefficient (Wildman–Crippen LogP) is 3.57. The molecule has 0 aliphatic carbocycles. The van der Waals surface area contributed by atoms with Gasteiger partial charge >= 0.3 is 6.03 Å². The molecule has 7 heteroatoms. The first-order valence-corrected chi connectivity index (χ1v) is 9.11. The number of ether oxygens (including phenoxy) is 1. The Morgan fingerprint density at radius 1 is 1.11 bits per heavy atom. The highest BCUT2D eigenvalue weighted by atomic mass is 35.5. The fraction of sp³-hybridized carbons (Fsp3) is 0.300. The molecule has 0 unspecified atom stereocenters. The molecule has 27 heavy (non-hydrogen) atoms. The normalized spacial score (nSPS) is 15.8. The molecule has 0 saturated carbocycles. The summed E-state index contributed by atoms with van der Waals surface area (Å²) in [6.45, 7) is 2.90. The van der Waals surface area contributed by atoms with E-state index in [4.69, 9.17) is 22.1 Å². The summed E-state index contributed by atoms with van der Waals surface area (Å²) in [5, 5.41) is 6.53. The van der Waals surface area contributed by atoms with E-state index in [-0.39, 0.29) is 6.03 Å². The van der Waals surface area contributed by atoms with E-state index in [9.17, 15) is 9.59 Å². The molecule has 1 fully saturated rings. The zero-order valence-corrected chi connectivity index (χ0v) is 15.8. The summed E-state index contributed by atoms with van der Waals surface area (Å²) in [6.07, 6.45) is 1.31. The molecule has 0 radical (unpaired) electrons. The number of nitrogens with two attached hydrogens (primary N) is 1. The van der Waals surface area contributed by atoms with E-state index in [1.54, 1.807) is 25.1 Å². The van der Waals surface area contributed by atoms with Gasteiger partial charge in [-0.1, -0.05) is 29.8 Å². The first-order chi connectivity index (χ1) is 12.9. The summed E-state index contributed by atoms with van der Waals surface area (Å²) in [5.74, 6) is -0.529. The van der Waals surface area contributed by atoms with Gasteiger partial charge in [0.2, 0.25) is 5.91 Å². The minimum atomic E-state index is -0.538. The molecular formula is C20H22ClN3O3. The molecule has 2 aromatic rings. The molecule has 142 valence electrons. The fourth-order valence-electron chi connectivity index (χ4n) is 3.32. The number of hydrogen-bond donors (Lipinski definition) is 3. The summed E-state index contributed by atoms with van der Waals surface area (Å²) < 4.78 is 5.48. The third-order valence-electron chi connectivity index (χ3n) is 4.86. The van der Waals surface area contributed by atoms with Crippen LogP contribution in [-0.2, 0) is 10.3 Å². The number of urea groups is 1. The van der Waals surface area contributed by atoms with Gasteiger partial charge in [-0.05, 0) is 55.2 Å². The molecule has 0 bridgehead atoms. The Balaban J connectivity index is 1.80. The van der Waals surface area contributed by atoms with Crippen LogP contribution in [0.15, 0.2) is 42.5 Å². The third-order valence-corrected chi connectivity index (χ3v) is 5.11. The van der Waals surface area contributed by atoms with Crippen molar-refractivity contribution in [2.75, 3.05) is 18.5 Å². The van der Waals surface area contributed by atoms with E-state index in [0.29, 0.717) is 42.3 Å². The number of carbonyl (C=O) groups is 2. The van der Waals surface area contributed by atoms with Gasteiger partial charge in [-0.3, -0.25) is 4.79 Å². The number of benzene rings is 2. The maximum Gasteiger partial charge on any atom is 0.319 e. The van der Waals surface area contributed by atoms with Crippen molar-refractivity contribution >= 4 is 29.2 Å². The topological polar surface area (TPSA) is 93.4 Å². The average Bonchev–Trinajstić information content (AvgIpc) is 2.64. The second-order valence-electron chi connectivity index (χ2n) is 6.67. The van der Waals surface area contributed by atoms with E-state index in [1.807, 2.05) is 24.3 Å². The number of carbonyl (C=O) groups excluding carboxylic acids is 2. The Morgan fingerprint density at radius 3 is 2.41 bits per heavy atom. The Morgan fingerprint density at radius 2 is 1.78 bits per heavy atom. The highest BCUT2D eigenvalue weighted by molar-refractivity contribution is 6.30. The van der Waals surface area contributed by atoms with Gasteiger partial charge in [-0.15, -0.1) is 0 Å². The number of amides is 3. The van der Waals surface area contributed by atoms with Crippen LogP contribution < -0.4 is 16.4 Å². The molecule has 0 atom stereocenters. The zero-order chi connectivity index (χ0) is 19.4. The number of nitrogens with one attached hydrogen (secondary N) is 2. The number of anilines is 1. The van der Waals surface area contributed by atoms with Crippen molar-refractivity contribution in [2.24, 2.45) is 5.73 Å². The van der Waals surface area contributed by atoms with Gasteiger partial charge in [-0.2, -0.15) is 0 Å². The van der Waals surface area contributed by atoms with Crippen molar-refractivity contribution in [3.8, 4) is 0 Å². The monoisotopic (exact) mass is 387 g/mol. The molecule has 1 heterocycles. The van der Waals surface area contributed by atoms with E-state index in [0.717, 1.165) is 11.1 Å². The zero-order valence-electron chi connectivity index (χ0n) is 15.0. The molecule has 0 spiro atoms. The summed E-state index contributed by atoms with van der Waals surface area (Å²) in [4.78, 5) is 24.2. The standard InChI is InChI=1S/C20H22ClN3O3/c1-13-2-7-16(12-17(13)18(22)25)23-19(26)24-20(8-10-27-11-9-20)14-3-5-15(21)6-4-14/h2-7,12H,8-11H2,1H3,(H2,22,25)(H2,23,24,26). The summed E-state index contributed by atoms with van der Waals surface area (Å²) >= 11 is 6.00. The maximum atomic E-state index is 12.7. The van der Waals surface area contributed by atoms with Gasteiger partial charge in [0.15, 0.2) is 0 Å². The van der Waals surface area contributed by atoms with Gasteiger partial charge in [0, 0.05) is 29.5 Å². The van der Waals surface area contributed by atoms with Crippen LogP contribution in [0.5, 0.6) is 0 Å². The minimum absolute atomic E-state index is 0.355. The number of primary amides is 1. The summed E-state index contributed by atoms with van der Waals surface area (Å²) in [7, 11) is 0. The number of rotatable bonds is 4. The van der Waals surface area contributed by atoms with Crippen molar-refractivity contribution < 1.29 is 14.3 Å². The first-order valence-electron chi connectivity index (χ1n) is 8.73. The van der Waals surface area contributed by atoms with Crippen LogP contribution in [0.1, 0.15) is 34.3 Å². The Hall–Kier alpha value is -2.57. The second-order valence-corrected chi connectivity index (χ2v) is 7.11. The van der Waals surface area contributed by atoms with Crippen LogP contribution in [0.4, 0.5) is 10.5 Å². The molecule has 0 aromatic heterocycles. The SMILES string of the molecule is Cc1ccc(NC(=O)NC2(c3ccc(Cl)cc3)CCOCC2)cc1C(N)=O. The van der Waals surface area contributed by atoms with Gasteiger partial charge in [0.05, 0.1) is 5.54 Å². The first kappa shape index (κ1) is 19.2. The van der Waals surface area contributed by atoms with Crippen LogP contribution in [0.2, 0.25) is 5.02 Å². The Bertz CT molecular complexity index is 846. The number of hydrogen-bond acceptors (Lipinski definition) is 3. The molecule has 4 N–H and O–H groups in total. The quantitative estimate of drug-likeness (QED) is 0.748. The van der Waals surface area contributed by atoms with Gasteiger partial charge in [-0.25, -0.2) is 4.79 Å². The molecule has 1 aliphatic heterocycles. The van der Waals surface area contributed by atoms with E-state index < -0.39 is 11.4 Å².